The molecule has 4 fully saturated rings. The van der Waals surface area contributed by atoms with Crippen molar-refractivity contribution in [2.75, 3.05) is 12.4 Å². The molecule has 0 amide bonds. The van der Waals surface area contributed by atoms with Crippen molar-refractivity contribution in [1.82, 2.24) is 0 Å². The molecule has 0 radical (unpaired) electrons. The minimum Gasteiger partial charge on any atom is -0.748 e. The van der Waals surface area contributed by atoms with E-state index in [0.29, 0.717) is 25.7 Å². The van der Waals surface area contributed by atoms with Gasteiger partial charge in [-0.2, -0.15) is 0 Å². The molecule has 0 aromatic rings. The topological polar surface area (TPSA) is 162 Å². The lowest BCUT2D eigenvalue weighted by atomic mass is 9.43. The first-order chi connectivity index (χ1) is 21.5. The summed E-state index contributed by atoms with van der Waals surface area (Å²) in [5.74, 6) is -0.821. The molecule has 4 unspecified atom stereocenters. The van der Waals surface area contributed by atoms with E-state index in [1.165, 1.54) is 20.8 Å². The third-order valence-corrected chi connectivity index (χ3v) is 13.0. The van der Waals surface area contributed by atoms with Crippen LogP contribution in [0.1, 0.15) is 112 Å². The lowest BCUT2D eigenvalue weighted by Crippen LogP contribution is -2.63. The first kappa shape index (κ1) is 36.6. The van der Waals surface area contributed by atoms with Gasteiger partial charge in [0, 0.05) is 44.3 Å². The number of fused-ring (bicyclic) bond motifs is 5. The van der Waals surface area contributed by atoms with Crippen LogP contribution in [0.2, 0.25) is 0 Å². The van der Waals surface area contributed by atoms with Gasteiger partial charge in [0.15, 0.2) is 0 Å². The quantitative estimate of drug-likeness (QED) is 0.120. The average Bonchev–Trinajstić information content (AvgIpc) is 3.29. The van der Waals surface area contributed by atoms with Crippen molar-refractivity contribution in [2.45, 2.75) is 130 Å². The van der Waals surface area contributed by atoms with E-state index < -0.39 is 15.9 Å². The van der Waals surface area contributed by atoms with Crippen molar-refractivity contribution in [2.24, 2.45) is 46.3 Å². The molecule has 0 bridgehead atoms. The molecule has 46 heavy (non-hydrogen) atoms. The smallest absolute Gasteiger partial charge is 0.305 e. The number of hydrogen-bond acceptors (Lipinski definition) is 11. The van der Waals surface area contributed by atoms with E-state index in [-0.39, 0.29) is 108 Å². The van der Waals surface area contributed by atoms with Gasteiger partial charge >= 0.3 is 23.9 Å². The molecule has 4 rings (SSSR count). The van der Waals surface area contributed by atoms with Crippen LogP contribution in [-0.4, -0.2) is 67.5 Å². The number of ether oxygens (including phenoxy) is 4. The van der Waals surface area contributed by atoms with E-state index in [1.807, 2.05) is 0 Å². The molecule has 11 nitrogen and oxygen atoms in total. The van der Waals surface area contributed by atoms with Gasteiger partial charge in [0.1, 0.15) is 18.3 Å². The van der Waals surface area contributed by atoms with Gasteiger partial charge in [0.05, 0.1) is 16.7 Å². The SMILES string of the molecule is CC(=O)OC1CC[C@@]2(C)C(C1)CC(OC(C)=O)[C@H]1[C@@H]3CC[C@H]([C@H](C)CCC(=O)OCCCCS(=O)(=O)[O-])[C@@]3(C)C(OC(C)=O)C[C@@H]12. The highest BCUT2D eigenvalue weighted by atomic mass is 32.2. The molecule has 0 N–H and O–H groups in total. The van der Waals surface area contributed by atoms with E-state index in [0.717, 1.165) is 32.1 Å². The molecule has 4 aliphatic carbocycles. The summed E-state index contributed by atoms with van der Waals surface area (Å²) in [5, 5.41) is 0. The van der Waals surface area contributed by atoms with Crippen molar-refractivity contribution in [3.05, 3.63) is 0 Å². The standard InChI is InChI=1S/C34H54O11S/c1-20(9-12-31(38)42-15-7-8-16-46(39,40)41)26-10-11-27-32-28(19-30(34(26,27)6)45-23(4)37)33(5)14-13-25(43-21(2)35)17-24(33)18-29(32)44-22(3)36/h20,24-30,32H,7-19H2,1-6H3,(H,39,40,41)/p-1/t20-,24?,25?,26-,27+,28+,29?,30?,32+,33+,34-/m1/s1. The Hall–Kier alpha value is -2.21. The van der Waals surface area contributed by atoms with E-state index in [4.69, 9.17) is 18.9 Å². The molecule has 11 atom stereocenters. The van der Waals surface area contributed by atoms with Crippen molar-refractivity contribution in [3.63, 3.8) is 0 Å². The molecule has 0 spiro atoms. The largest absolute Gasteiger partial charge is 0.748 e. The summed E-state index contributed by atoms with van der Waals surface area (Å²) >= 11 is 0. The zero-order valence-corrected chi connectivity index (χ0v) is 29.1. The Morgan fingerprint density at radius 3 is 2.17 bits per heavy atom. The summed E-state index contributed by atoms with van der Waals surface area (Å²) in [4.78, 5) is 49.3. The van der Waals surface area contributed by atoms with Gasteiger partial charge < -0.3 is 23.5 Å². The number of carbonyl (C=O) groups excluding carboxylic acids is 4. The molecule has 0 aromatic carbocycles. The lowest BCUT2D eigenvalue weighted by molar-refractivity contribution is -0.224. The van der Waals surface area contributed by atoms with Gasteiger partial charge in [-0.1, -0.05) is 20.8 Å². The molecule has 262 valence electrons. The van der Waals surface area contributed by atoms with Crippen LogP contribution in [0.5, 0.6) is 0 Å². The molecule has 4 aliphatic rings. The minimum absolute atomic E-state index is 0.0719. The molecular formula is C34H53O11S-. The fourth-order valence-electron chi connectivity index (χ4n) is 10.3. The minimum atomic E-state index is -4.28. The van der Waals surface area contributed by atoms with Gasteiger partial charge in [-0.15, -0.1) is 0 Å². The van der Waals surface area contributed by atoms with Crippen LogP contribution in [0.25, 0.3) is 0 Å². The Bertz CT molecular complexity index is 1250. The average molecular weight is 670 g/mol. The predicted molar refractivity (Wildman–Crippen MR) is 166 cm³/mol. The highest BCUT2D eigenvalue weighted by Crippen LogP contribution is 2.69. The highest BCUT2D eigenvalue weighted by molar-refractivity contribution is 7.85. The summed E-state index contributed by atoms with van der Waals surface area (Å²) in [6.07, 6.45) is 6.10. The Balaban J connectivity index is 1.52. The summed E-state index contributed by atoms with van der Waals surface area (Å²) in [6.45, 7) is 11.1. The Labute approximate surface area is 273 Å². The third kappa shape index (κ3) is 8.08. The second-order valence-electron chi connectivity index (χ2n) is 15.0. The van der Waals surface area contributed by atoms with Crippen LogP contribution in [0.15, 0.2) is 0 Å². The number of hydrogen-bond donors (Lipinski definition) is 0. The maximum Gasteiger partial charge on any atom is 0.305 e. The number of rotatable bonds is 12. The van der Waals surface area contributed by atoms with Crippen LogP contribution >= 0.6 is 0 Å². The summed E-state index contributed by atoms with van der Waals surface area (Å²) in [6, 6.07) is 0. The van der Waals surface area contributed by atoms with Crippen LogP contribution in [0, 0.1) is 46.3 Å². The molecule has 0 aliphatic heterocycles. The number of esters is 4. The molecule has 0 aromatic heterocycles. The first-order valence-corrected chi connectivity index (χ1v) is 18.6. The molecule has 0 heterocycles. The van der Waals surface area contributed by atoms with Crippen LogP contribution < -0.4 is 0 Å². The van der Waals surface area contributed by atoms with E-state index in [2.05, 4.69) is 20.8 Å². The molecule has 0 saturated heterocycles. The molecule has 4 saturated carbocycles. The summed E-state index contributed by atoms with van der Waals surface area (Å²) in [7, 11) is -4.28. The van der Waals surface area contributed by atoms with Crippen LogP contribution in [0.4, 0.5) is 0 Å². The van der Waals surface area contributed by atoms with Crippen molar-refractivity contribution < 1.29 is 51.1 Å². The normalized spacial score (nSPS) is 37.5. The van der Waals surface area contributed by atoms with Crippen molar-refractivity contribution >= 4 is 34.0 Å². The van der Waals surface area contributed by atoms with Crippen LogP contribution in [0.3, 0.4) is 0 Å². The van der Waals surface area contributed by atoms with Crippen LogP contribution in [-0.2, 0) is 48.2 Å². The molecular weight excluding hydrogens is 616 g/mol. The third-order valence-electron chi connectivity index (χ3n) is 12.3. The zero-order chi connectivity index (χ0) is 34.0. The second kappa shape index (κ2) is 14.5. The monoisotopic (exact) mass is 669 g/mol. The van der Waals surface area contributed by atoms with Gasteiger partial charge in [0.25, 0.3) is 0 Å². The van der Waals surface area contributed by atoms with Gasteiger partial charge in [-0.05, 0) is 99.2 Å². The van der Waals surface area contributed by atoms with E-state index in [9.17, 15) is 32.1 Å². The summed E-state index contributed by atoms with van der Waals surface area (Å²) in [5.41, 5.74) is -0.459. The Kier molecular flexibility index (Phi) is 11.5. The Morgan fingerprint density at radius 1 is 0.870 bits per heavy atom. The fraction of sp³-hybridized carbons (Fsp3) is 0.882. The molecule has 12 heteroatoms. The van der Waals surface area contributed by atoms with Gasteiger partial charge in [-0.3, -0.25) is 19.2 Å². The van der Waals surface area contributed by atoms with E-state index >= 15 is 0 Å². The zero-order valence-electron chi connectivity index (χ0n) is 28.3. The highest BCUT2D eigenvalue weighted by Gasteiger charge is 2.67. The van der Waals surface area contributed by atoms with Gasteiger partial charge in [0.2, 0.25) is 0 Å². The number of carbonyl (C=O) groups is 4. The maximum atomic E-state index is 12.6. The first-order valence-electron chi connectivity index (χ1n) is 17.1. The fourth-order valence-corrected chi connectivity index (χ4v) is 10.9. The predicted octanol–water partition coefficient (Wildman–Crippen LogP) is 4.95. The maximum absolute atomic E-state index is 12.6. The van der Waals surface area contributed by atoms with Crippen molar-refractivity contribution in [1.29, 1.82) is 0 Å². The van der Waals surface area contributed by atoms with E-state index in [1.54, 1.807) is 0 Å². The van der Waals surface area contributed by atoms with Gasteiger partial charge in [-0.25, -0.2) is 8.42 Å². The van der Waals surface area contributed by atoms with Crippen molar-refractivity contribution in [3.8, 4) is 0 Å². The summed E-state index contributed by atoms with van der Waals surface area (Å²) < 4.78 is 55.6. The Morgan fingerprint density at radius 2 is 1.54 bits per heavy atom. The lowest BCUT2D eigenvalue weighted by Gasteiger charge is -2.64. The second-order valence-corrected chi connectivity index (χ2v) is 16.5. The number of unbranched alkanes of at least 4 members (excludes halogenated alkanes) is 1.